The second kappa shape index (κ2) is 7.22. The largest absolute Gasteiger partial charge is 0.339 e. The highest BCUT2D eigenvalue weighted by Gasteiger charge is 2.14. The minimum Gasteiger partial charge on any atom is -0.339 e. The Balaban J connectivity index is 2.13. The summed E-state index contributed by atoms with van der Waals surface area (Å²) in [4.78, 5) is 22.3. The second-order valence-electron chi connectivity index (χ2n) is 4.85. The average molecular weight is 319 g/mol. The molecule has 0 spiro atoms. The third kappa shape index (κ3) is 3.74. The molecule has 0 unspecified atom stereocenters. The molecule has 0 aliphatic heterocycles. The van der Waals surface area contributed by atoms with Gasteiger partial charge in [0.25, 0.3) is 5.91 Å². The quantitative estimate of drug-likeness (QED) is 0.914. The van der Waals surface area contributed by atoms with Crippen molar-refractivity contribution >= 4 is 29.0 Å². The highest BCUT2D eigenvalue weighted by atomic mass is 35.5. The average Bonchev–Trinajstić information content (AvgIpc) is 2.52. The molecule has 1 amide bonds. The Morgan fingerprint density at radius 3 is 2.50 bits per heavy atom. The van der Waals surface area contributed by atoms with Crippen LogP contribution in [-0.4, -0.2) is 33.9 Å². The SMILES string of the molecule is CCN(CC)C(=O)c1cnc(Nc2ccc(Cl)cc2C)cn1. The van der Waals surface area contributed by atoms with Crippen molar-refractivity contribution in [1.82, 2.24) is 14.9 Å². The summed E-state index contributed by atoms with van der Waals surface area (Å²) >= 11 is 5.93. The van der Waals surface area contributed by atoms with Gasteiger partial charge < -0.3 is 10.2 Å². The lowest BCUT2D eigenvalue weighted by Gasteiger charge is -2.17. The molecule has 116 valence electrons. The molecule has 0 aliphatic carbocycles. The molecule has 0 fully saturated rings. The first-order chi connectivity index (χ1) is 10.5. The van der Waals surface area contributed by atoms with E-state index in [4.69, 9.17) is 11.6 Å². The zero-order valence-electron chi connectivity index (χ0n) is 12.9. The van der Waals surface area contributed by atoms with E-state index in [-0.39, 0.29) is 5.91 Å². The van der Waals surface area contributed by atoms with Crippen LogP contribution in [0.3, 0.4) is 0 Å². The van der Waals surface area contributed by atoms with Crippen molar-refractivity contribution < 1.29 is 4.79 Å². The van der Waals surface area contributed by atoms with Crippen LogP contribution >= 0.6 is 11.6 Å². The predicted molar refractivity (Wildman–Crippen MR) is 88.8 cm³/mol. The molecule has 1 aromatic heterocycles. The number of hydrogen-bond acceptors (Lipinski definition) is 4. The van der Waals surface area contributed by atoms with Gasteiger partial charge in [0, 0.05) is 23.8 Å². The highest BCUT2D eigenvalue weighted by Crippen LogP contribution is 2.22. The monoisotopic (exact) mass is 318 g/mol. The minimum absolute atomic E-state index is 0.105. The molecule has 22 heavy (non-hydrogen) atoms. The fourth-order valence-corrected chi connectivity index (χ4v) is 2.31. The van der Waals surface area contributed by atoms with Crippen molar-refractivity contribution in [3.8, 4) is 0 Å². The molecule has 0 radical (unpaired) electrons. The number of anilines is 2. The van der Waals surface area contributed by atoms with Gasteiger partial charge >= 0.3 is 0 Å². The summed E-state index contributed by atoms with van der Waals surface area (Å²) in [5, 5.41) is 3.85. The van der Waals surface area contributed by atoms with Crippen molar-refractivity contribution in [1.29, 1.82) is 0 Å². The molecule has 0 saturated carbocycles. The van der Waals surface area contributed by atoms with Crippen LogP contribution in [0.5, 0.6) is 0 Å². The van der Waals surface area contributed by atoms with Gasteiger partial charge in [-0.2, -0.15) is 0 Å². The van der Waals surface area contributed by atoms with Crippen LogP contribution < -0.4 is 5.32 Å². The van der Waals surface area contributed by atoms with Gasteiger partial charge in [-0.15, -0.1) is 0 Å². The number of carbonyl (C=O) groups is 1. The van der Waals surface area contributed by atoms with Gasteiger partial charge in [-0.3, -0.25) is 4.79 Å². The number of halogens is 1. The van der Waals surface area contributed by atoms with Gasteiger partial charge in [0.2, 0.25) is 0 Å². The fraction of sp³-hybridized carbons (Fsp3) is 0.312. The van der Waals surface area contributed by atoms with Gasteiger partial charge in [-0.1, -0.05) is 11.6 Å². The number of nitrogens with one attached hydrogen (secondary N) is 1. The maximum atomic E-state index is 12.2. The van der Waals surface area contributed by atoms with Crippen LogP contribution in [0.4, 0.5) is 11.5 Å². The molecule has 1 aromatic carbocycles. The summed E-state index contributed by atoms with van der Waals surface area (Å²) in [6.07, 6.45) is 3.05. The zero-order valence-corrected chi connectivity index (χ0v) is 13.7. The summed E-state index contributed by atoms with van der Waals surface area (Å²) in [5.41, 5.74) is 2.26. The van der Waals surface area contributed by atoms with Crippen LogP contribution in [0, 0.1) is 6.92 Å². The van der Waals surface area contributed by atoms with E-state index in [0.29, 0.717) is 29.6 Å². The Bertz CT molecular complexity index is 654. The van der Waals surface area contributed by atoms with Crippen LogP contribution in [0.2, 0.25) is 5.02 Å². The third-order valence-corrected chi connectivity index (χ3v) is 3.61. The lowest BCUT2D eigenvalue weighted by Crippen LogP contribution is -2.31. The lowest BCUT2D eigenvalue weighted by molar-refractivity contribution is 0.0766. The van der Waals surface area contributed by atoms with Gasteiger partial charge in [-0.05, 0) is 44.5 Å². The van der Waals surface area contributed by atoms with Crippen molar-refractivity contribution in [3.63, 3.8) is 0 Å². The Labute approximate surface area is 135 Å². The Morgan fingerprint density at radius 2 is 1.95 bits per heavy atom. The van der Waals surface area contributed by atoms with E-state index in [2.05, 4.69) is 15.3 Å². The van der Waals surface area contributed by atoms with Crippen LogP contribution in [0.15, 0.2) is 30.6 Å². The summed E-state index contributed by atoms with van der Waals surface area (Å²) in [6, 6.07) is 5.56. The molecule has 0 atom stereocenters. The van der Waals surface area contributed by atoms with Crippen molar-refractivity contribution in [2.75, 3.05) is 18.4 Å². The van der Waals surface area contributed by atoms with E-state index in [1.807, 2.05) is 39.0 Å². The predicted octanol–water partition coefficient (Wildman–Crippen LogP) is 3.66. The minimum atomic E-state index is -0.105. The Hall–Kier alpha value is -2.14. The van der Waals surface area contributed by atoms with E-state index in [1.165, 1.54) is 6.20 Å². The molecule has 1 N–H and O–H groups in total. The molecule has 0 aliphatic rings. The highest BCUT2D eigenvalue weighted by molar-refractivity contribution is 6.30. The first kappa shape index (κ1) is 16.2. The molecular weight excluding hydrogens is 300 g/mol. The molecular formula is C16H19ClN4O. The summed E-state index contributed by atoms with van der Waals surface area (Å²) in [7, 11) is 0. The van der Waals surface area contributed by atoms with Crippen molar-refractivity contribution in [2.24, 2.45) is 0 Å². The standard InChI is InChI=1S/C16H19ClN4O/c1-4-21(5-2)16(22)14-9-19-15(10-18-14)20-13-7-6-12(17)8-11(13)3/h6-10H,4-5H2,1-3H3,(H,19,20). The Kier molecular flexibility index (Phi) is 5.33. The van der Waals surface area contributed by atoms with Crippen LogP contribution in [0.1, 0.15) is 29.9 Å². The first-order valence-electron chi connectivity index (χ1n) is 7.19. The van der Waals surface area contributed by atoms with Crippen molar-refractivity contribution in [2.45, 2.75) is 20.8 Å². The smallest absolute Gasteiger partial charge is 0.274 e. The lowest BCUT2D eigenvalue weighted by atomic mass is 10.2. The summed E-state index contributed by atoms with van der Waals surface area (Å²) in [6.45, 7) is 7.14. The number of hydrogen-bond donors (Lipinski definition) is 1. The maximum absolute atomic E-state index is 12.2. The van der Waals surface area contributed by atoms with E-state index >= 15 is 0 Å². The maximum Gasteiger partial charge on any atom is 0.274 e. The molecule has 1 heterocycles. The van der Waals surface area contributed by atoms with E-state index in [1.54, 1.807) is 11.1 Å². The van der Waals surface area contributed by atoms with Crippen LogP contribution in [0.25, 0.3) is 0 Å². The van der Waals surface area contributed by atoms with Gasteiger partial charge in [0.15, 0.2) is 0 Å². The number of carbonyl (C=O) groups excluding carboxylic acids is 1. The number of aromatic nitrogens is 2. The number of benzene rings is 1. The van der Waals surface area contributed by atoms with Gasteiger partial charge in [-0.25, -0.2) is 9.97 Å². The molecule has 0 bridgehead atoms. The molecule has 5 nitrogen and oxygen atoms in total. The molecule has 0 saturated heterocycles. The first-order valence-corrected chi connectivity index (χ1v) is 7.57. The number of aryl methyl sites for hydroxylation is 1. The van der Waals surface area contributed by atoms with Gasteiger partial charge in [0.05, 0.1) is 12.4 Å². The van der Waals surface area contributed by atoms with E-state index < -0.39 is 0 Å². The zero-order chi connectivity index (χ0) is 16.1. The summed E-state index contributed by atoms with van der Waals surface area (Å²) < 4.78 is 0. The van der Waals surface area contributed by atoms with E-state index in [0.717, 1.165) is 11.3 Å². The van der Waals surface area contributed by atoms with Gasteiger partial charge in [0.1, 0.15) is 11.5 Å². The number of amides is 1. The normalized spacial score (nSPS) is 10.4. The molecule has 2 rings (SSSR count). The molecule has 6 heteroatoms. The third-order valence-electron chi connectivity index (χ3n) is 3.37. The topological polar surface area (TPSA) is 58.1 Å². The van der Waals surface area contributed by atoms with E-state index in [9.17, 15) is 4.79 Å². The Morgan fingerprint density at radius 1 is 1.23 bits per heavy atom. The van der Waals surface area contributed by atoms with Crippen LogP contribution in [-0.2, 0) is 0 Å². The second-order valence-corrected chi connectivity index (χ2v) is 5.29. The number of rotatable bonds is 5. The fourth-order valence-electron chi connectivity index (χ4n) is 2.08. The number of nitrogens with zero attached hydrogens (tertiary/aromatic N) is 3. The summed E-state index contributed by atoms with van der Waals surface area (Å²) in [5.74, 6) is 0.480. The van der Waals surface area contributed by atoms with Crippen molar-refractivity contribution in [3.05, 3.63) is 46.9 Å². The molecule has 2 aromatic rings.